The van der Waals surface area contributed by atoms with Gasteiger partial charge in [0, 0.05) is 24.7 Å². The summed E-state index contributed by atoms with van der Waals surface area (Å²) in [6.45, 7) is 0. The molecule has 1 aliphatic carbocycles. The summed E-state index contributed by atoms with van der Waals surface area (Å²) in [4.78, 5) is 4.09. The van der Waals surface area contributed by atoms with E-state index >= 15 is 0 Å². The van der Waals surface area contributed by atoms with E-state index in [-0.39, 0.29) is 0 Å². The Labute approximate surface area is 81.5 Å². The molecule has 0 radical (unpaired) electrons. The van der Waals surface area contributed by atoms with Gasteiger partial charge in [-0.15, -0.1) is 0 Å². The summed E-state index contributed by atoms with van der Waals surface area (Å²) in [6.07, 6.45) is 5.39. The van der Waals surface area contributed by atoms with Crippen LogP contribution in [-0.4, -0.2) is 28.6 Å². The van der Waals surface area contributed by atoms with Crippen LogP contribution in [0, 0.1) is 0 Å². The van der Waals surface area contributed by atoms with Gasteiger partial charge in [0.25, 0.3) is 0 Å². The SMILES string of the molecule is COC1CCC(Nc2ncns2)C1. The van der Waals surface area contributed by atoms with Crippen molar-refractivity contribution in [1.29, 1.82) is 0 Å². The zero-order chi connectivity index (χ0) is 9.10. The van der Waals surface area contributed by atoms with Gasteiger partial charge in [-0.2, -0.15) is 4.37 Å². The second-order valence-electron chi connectivity index (χ2n) is 3.26. The predicted octanol–water partition coefficient (Wildman–Crippen LogP) is 1.52. The van der Waals surface area contributed by atoms with E-state index in [1.165, 1.54) is 11.5 Å². The standard InChI is InChI=1S/C8H13N3OS/c1-12-7-3-2-6(4-7)11-8-9-5-10-13-8/h5-7H,2-4H2,1H3,(H,9,10,11). The molecule has 4 nitrogen and oxygen atoms in total. The molecule has 0 aromatic carbocycles. The highest BCUT2D eigenvalue weighted by Crippen LogP contribution is 2.24. The minimum absolute atomic E-state index is 0.422. The molecule has 1 heterocycles. The third-order valence-corrected chi connectivity index (χ3v) is 3.00. The molecule has 0 amide bonds. The summed E-state index contributed by atoms with van der Waals surface area (Å²) in [6, 6.07) is 0.512. The Balaban J connectivity index is 1.84. The Morgan fingerprint density at radius 2 is 2.54 bits per heavy atom. The van der Waals surface area contributed by atoms with Crippen LogP contribution in [0.3, 0.4) is 0 Å². The van der Waals surface area contributed by atoms with Gasteiger partial charge in [-0.05, 0) is 19.3 Å². The van der Waals surface area contributed by atoms with Crippen molar-refractivity contribution in [1.82, 2.24) is 9.36 Å². The van der Waals surface area contributed by atoms with E-state index < -0.39 is 0 Å². The van der Waals surface area contributed by atoms with Gasteiger partial charge in [-0.1, -0.05) is 0 Å². The maximum atomic E-state index is 5.29. The second kappa shape index (κ2) is 4.02. The average molecular weight is 199 g/mol. The molecule has 0 bridgehead atoms. The molecule has 0 spiro atoms. The highest BCUT2D eigenvalue weighted by atomic mass is 32.1. The number of hydrogen-bond acceptors (Lipinski definition) is 5. The first-order chi connectivity index (χ1) is 6.38. The Morgan fingerprint density at radius 1 is 1.62 bits per heavy atom. The van der Waals surface area contributed by atoms with Crippen molar-refractivity contribution >= 4 is 16.7 Å². The van der Waals surface area contributed by atoms with E-state index in [0.717, 1.165) is 24.4 Å². The molecule has 5 heteroatoms. The molecule has 1 N–H and O–H groups in total. The fourth-order valence-electron chi connectivity index (χ4n) is 1.70. The van der Waals surface area contributed by atoms with E-state index in [0.29, 0.717) is 12.1 Å². The Morgan fingerprint density at radius 3 is 3.15 bits per heavy atom. The Kier molecular flexibility index (Phi) is 2.75. The molecule has 13 heavy (non-hydrogen) atoms. The largest absolute Gasteiger partial charge is 0.381 e. The molecule has 1 aliphatic rings. The summed E-state index contributed by atoms with van der Waals surface area (Å²) < 4.78 is 9.23. The molecule has 2 unspecified atom stereocenters. The van der Waals surface area contributed by atoms with Gasteiger partial charge < -0.3 is 10.1 Å². The van der Waals surface area contributed by atoms with Crippen LogP contribution >= 0.6 is 11.5 Å². The van der Waals surface area contributed by atoms with E-state index in [9.17, 15) is 0 Å². The van der Waals surface area contributed by atoms with Gasteiger partial charge in [0.05, 0.1) is 6.10 Å². The third kappa shape index (κ3) is 2.16. The normalized spacial score (nSPS) is 27.8. The topological polar surface area (TPSA) is 47.0 Å². The van der Waals surface area contributed by atoms with Crippen LogP contribution < -0.4 is 5.32 Å². The number of aromatic nitrogens is 2. The summed E-state index contributed by atoms with van der Waals surface area (Å²) >= 11 is 1.41. The van der Waals surface area contributed by atoms with Gasteiger partial charge >= 0.3 is 0 Å². The molecule has 2 atom stereocenters. The number of methoxy groups -OCH3 is 1. The molecule has 1 fully saturated rings. The Bertz CT molecular complexity index is 252. The van der Waals surface area contributed by atoms with Crippen molar-refractivity contribution in [2.24, 2.45) is 0 Å². The lowest BCUT2D eigenvalue weighted by atomic mass is 10.2. The quantitative estimate of drug-likeness (QED) is 0.801. The predicted molar refractivity (Wildman–Crippen MR) is 52.0 cm³/mol. The lowest BCUT2D eigenvalue weighted by molar-refractivity contribution is 0.108. The average Bonchev–Trinajstić information content (AvgIpc) is 2.76. The monoisotopic (exact) mass is 199 g/mol. The van der Waals surface area contributed by atoms with Gasteiger partial charge in [0.15, 0.2) is 0 Å². The smallest absolute Gasteiger partial charge is 0.202 e. The van der Waals surface area contributed by atoms with Crippen LogP contribution in [0.1, 0.15) is 19.3 Å². The van der Waals surface area contributed by atoms with Crippen molar-refractivity contribution in [2.45, 2.75) is 31.4 Å². The second-order valence-corrected chi connectivity index (χ2v) is 4.04. The van der Waals surface area contributed by atoms with Gasteiger partial charge in [0.2, 0.25) is 5.13 Å². The third-order valence-electron chi connectivity index (χ3n) is 2.41. The van der Waals surface area contributed by atoms with Crippen molar-refractivity contribution in [2.75, 3.05) is 12.4 Å². The number of ether oxygens (including phenoxy) is 1. The molecule has 0 aliphatic heterocycles. The lowest BCUT2D eigenvalue weighted by Crippen LogP contribution is -2.16. The minimum atomic E-state index is 0.422. The minimum Gasteiger partial charge on any atom is -0.381 e. The molecule has 1 aromatic heterocycles. The highest BCUT2D eigenvalue weighted by Gasteiger charge is 2.24. The van der Waals surface area contributed by atoms with Crippen molar-refractivity contribution < 1.29 is 4.74 Å². The first-order valence-electron chi connectivity index (χ1n) is 4.44. The number of nitrogens with one attached hydrogen (secondary N) is 1. The van der Waals surface area contributed by atoms with Gasteiger partial charge in [-0.3, -0.25) is 0 Å². The first-order valence-corrected chi connectivity index (χ1v) is 5.22. The molecule has 1 saturated carbocycles. The fraction of sp³-hybridized carbons (Fsp3) is 0.750. The molecular formula is C8H13N3OS. The zero-order valence-electron chi connectivity index (χ0n) is 7.56. The highest BCUT2D eigenvalue weighted by molar-refractivity contribution is 7.09. The zero-order valence-corrected chi connectivity index (χ0v) is 8.38. The molecule has 2 rings (SSSR count). The molecule has 72 valence electrons. The van der Waals surface area contributed by atoms with E-state index in [1.54, 1.807) is 13.4 Å². The molecule has 0 saturated heterocycles. The van der Waals surface area contributed by atoms with Gasteiger partial charge in [-0.25, -0.2) is 4.98 Å². The van der Waals surface area contributed by atoms with Gasteiger partial charge in [0.1, 0.15) is 6.33 Å². The number of anilines is 1. The van der Waals surface area contributed by atoms with E-state index in [4.69, 9.17) is 4.74 Å². The van der Waals surface area contributed by atoms with Crippen molar-refractivity contribution in [3.63, 3.8) is 0 Å². The summed E-state index contributed by atoms with van der Waals surface area (Å²) in [5.41, 5.74) is 0. The summed E-state index contributed by atoms with van der Waals surface area (Å²) in [7, 11) is 1.78. The van der Waals surface area contributed by atoms with Crippen LogP contribution in [0.15, 0.2) is 6.33 Å². The van der Waals surface area contributed by atoms with Crippen molar-refractivity contribution in [3.05, 3.63) is 6.33 Å². The summed E-state index contributed by atoms with van der Waals surface area (Å²) in [5.74, 6) is 0. The van der Waals surface area contributed by atoms with Crippen LogP contribution in [0.4, 0.5) is 5.13 Å². The van der Waals surface area contributed by atoms with Crippen LogP contribution in [0.2, 0.25) is 0 Å². The molecule has 1 aromatic rings. The maximum Gasteiger partial charge on any atom is 0.202 e. The lowest BCUT2D eigenvalue weighted by Gasteiger charge is -2.10. The number of rotatable bonds is 3. The van der Waals surface area contributed by atoms with Crippen LogP contribution in [0.5, 0.6) is 0 Å². The van der Waals surface area contributed by atoms with E-state index in [2.05, 4.69) is 14.7 Å². The number of hydrogen-bond donors (Lipinski definition) is 1. The van der Waals surface area contributed by atoms with Crippen molar-refractivity contribution in [3.8, 4) is 0 Å². The fourth-order valence-corrected chi connectivity index (χ4v) is 2.20. The van der Waals surface area contributed by atoms with E-state index in [1.807, 2.05) is 0 Å². The first kappa shape index (κ1) is 8.90. The van der Waals surface area contributed by atoms with Crippen LogP contribution in [0.25, 0.3) is 0 Å². The van der Waals surface area contributed by atoms with Crippen LogP contribution in [-0.2, 0) is 4.74 Å². The Hall–Kier alpha value is -0.680. The summed E-state index contributed by atoms with van der Waals surface area (Å²) in [5, 5.41) is 4.27. The maximum absolute atomic E-state index is 5.29. The molecular weight excluding hydrogens is 186 g/mol. The number of nitrogens with zero attached hydrogens (tertiary/aromatic N) is 2.